The summed E-state index contributed by atoms with van der Waals surface area (Å²) in [7, 11) is 0. The van der Waals surface area contributed by atoms with Crippen molar-refractivity contribution in [3.63, 3.8) is 0 Å². The molecule has 0 bridgehead atoms. The highest BCUT2D eigenvalue weighted by molar-refractivity contribution is 6.30. The molecule has 3 heteroatoms. The van der Waals surface area contributed by atoms with Gasteiger partial charge in [-0.05, 0) is 24.1 Å². The number of benzene rings is 1. The van der Waals surface area contributed by atoms with Crippen molar-refractivity contribution >= 4 is 11.6 Å². The molecular weight excluding hydrogens is 215 g/mol. The van der Waals surface area contributed by atoms with E-state index in [0.29, 0.717) is 5.56 Å². The third-order valence-corrected chi connectivity index (χ3v) is 2.22. The molecule has 0 aliphatic carbocycles. The summed E-state index contributed by atoms with van der Waals surface area (Å²) in [6.45, 7) is 3.73. The zero-order chi connectivity index (χ0) is 11.4. The first-order valence-corrected chi connectivity index (χ1v) is 5.03. The Kier molecular flexibility index (Phi) is 4.14. The van der Waals surface area contributed by atoms with Gasteiger partial charge in [0.05, 0.1) is 5.02 Å². The van der Waals surface area contributed by atoms with Crippen LogP contribution in [0.4, 0.5) is 4.39 Å². The molecule has 0 saturated carbocycles. The van der Waals surface area contributed by atoms with Crippen LogP contribution in [0.1, 0.15) is 19.4 Å². The largest absolute Gasteiger partial charge is 0.380 e. The molecule has 1 unspecified atom stereocenters. The van der Waals surface area contributed by atoms with Crippen LogP contribution in [0.3, 0.4) is 0 Å². The third-order valence-electron chi connectivity index (χ3n) is 1.92. The lowest BCUT2D eigenvalue weighted by molar-refractivity contribution is 0.181. The first-order chi connectivity index (χ1) is 7.00. The molecule has 1 aromatic rings. The van der Waals surface area contributed by atoms with Gasteiger partial charge in [-0.2, -0.15) is 0 Å². The van der Waals surface area contributed by atoms with E-state index < -0.39 is 11.9 Å². The molecule has 1 atom stereocenters. The molecular formula is C12H12ClFO. The van der Waals surface area contributed by atoms with Crippen molar-refractivity contribution in [3.05, 3.63) is 34.6 Å². The normalized spacial score (nSPS) is 12.1. The predicted molar refractivity (Wildman–Crippen MR) is 59.1 cm³/mol. The third kappa shape index (κ3) is 3.54. The number of aliphatic hydroxyl groups is 1. The topological polar surface area (TPSA) is 20.2 Å². The molecule has 1 nitrogen and oxygen atoms in total. The summed E-state index contributed by atoms with van der Waals surface area (Å²) in [6.07, 6.45) is -0.691. The smallest absolute Gasteiger partial charge is 0.143 e. The molecule has 1 aromatic carbocycles. The Morgan fingerprint density at radius 3 is 2.60 bits per heavy atom. The Labute approximate surface area is 93.9 Å². The lowest BCUT2D eigenvalue weighted by atomic mass is 10.1. The molecule has 1 N–H and O–H groups in total. The molecule has 0 radical (unpaired) electrons. The number of rotatable bonds is 1. The second-order valence-corrected chi connectivity index (χ2v) is 3.99. The van der Waals surface area contributed by atoms with Crippen LogP contribution < -0.4 is 0 Å². The number of aliphatic hydroxyl groups excluding tert-OH is 1. The van der Waals surface area contributed by atoms with E-state index >= 15 is 0 Å². The van der Waals surface area contributed by atoms with E-state index in [-0.39, 0.29) is 10.9 Å². The first kappa shape index (κ1) is 12.0. The van der Waals surface area contributed by atoms with Crippen LogP contribution in [0, 0.1) is 23.6 Å². The summed E-state index contributed by atoms with van der Waals surface area (Å²) in [5.41, 5.74) is 0.511. The summed E-state index contributed by atoms with van der Waals surface area (Å²) < 4.78 is 13.0. The van der Waals surface area contributed by atoms with Crippen molar-refractivity contribution in [2.24, 2.45) is 5.92 Å². The van der Waals surface area contributed by atoms with E-state index in [4.69, 9.17) is 11.6 Å². The monoisotopic (exact) mass is 226 g/mol. The molecule has 1 rings (SSSR count). The quantitative estimate of drug-likeness (QED) is 0.731. The Bertz CT molecular complexity index is 404. The maximum atomic E-state index is 13.0. The molecule has 0 aliphatic heterocycles. The lowest BCUT2D eigenvalue weighted by Crippen LogP contribution is -2.11. The molecule has 0 spiro atoms. The second kappa shape index (κ2) is 5.16. The van der Waals surface area contributed by atoms with Gasteiger partial charge in [0.25, 0.3) is 0 Å². The van der Waals surface area contributed by atoms with E-state index in [9.17, 15) is 9.50 Å². The number of hydrogen-bond donors (Lipinski definition) is 1. The molecule has 15 heavy (non-hydrogen) atoms. The number of halogens is 2. The molecule has 0 aromatic heterocycles. The van der Waals surface area contributed by atoms with Crippen LogP contribution in [0.5, 0.6) is 0 Å². The van der Waals surface area contributed by atoms with E-state index in [1.165, 1.54) is 12.1 Å². The second-order valence-electron chi connectivity index (χ2n) is 3.59. The molecule has 80 valence electrons. The van der Waals surface area contributed by atoms with Gasteiger partial charge < -0.3 is 5.11 Å². The highest BCUT2D eigenvalue weighted by Crippen LogP contribution is 2.14. The fourth-order valence-electron chi connectivity index (χ4n) is 0.898. The van der Waals surface area contributed by atoms with Crippen LogP contribution in [-0.2, 0) is 0 Å². The Hall–Kier alpha value is -1.04. The van der Waals surface area contributed by atoms with Crippen LogP contribution in [0.15, 0.2) is 18.2 Å². The van der Waals surface area contributed by atoms with Gasteiger partial charge in [-0.25, -0.2) is 4.39 Å². The lowest BCUT2D eigenvalue weighted by Gasteiger charge is -2.05. The van der Waals surface area contributed by atoms with E-state index in [2.05, 4.69) is 11.8 Å². The van der Waals surface area contributed by atoms with E-state index in [0.717, 1.165) is 0 Å². The van der Waals surface area contributed by atoms with Gasteiger partial charge in [0.15, 0.2) is 0 Å². The van der Waals surface area contributed by atoms with Crippen molar-refractivity contribution < 1.29 is 9.50 Å². The van der Waals surface area contributed by atoms with Gasteiger partial charge in [-0.3, -0.25) is 0 Å². The van der Waals surface area contributed by atoms with Crippen LogP contribution in [-0.4, -0.2) is 11.2 Å². The average Bonchev–Trinajstić information content (AvgIpc) is 2.19. The van der Waals surface area contributed by atoms with Gasteiger partial charge >= 0.3 is 0 Å². The van der Waals surface area contributed by atoms with Gasteiger partial charge in [0.1, 0.15) is 11.9 Å². The van der Waals surface area contributed by atoms with Crippen molar-refractivity contribution in [1.29, 1.82) is 0 Å². The minimum absolute atomic E-state index is 0.0645. The molecule has 0 amide bonds. The molecule has 0 aliphatic rings. The minimum Gasteiger partial charge on any atom is -0.380 e. The highest BCUT2D eigenvalue weighted by Gasteiger charge is 2.04. The van der Waals surface area contributed by atoms with Crippen molar-refractivity contribution in [2.75, 3.05) is 0 Å². The minimum atomic E-state index is -0.691. The van der Waals surface area contributed by atoms with Crippen LogP contribution >= 0.6 is 11.6 Å². The van der Waals surface area contributed by atoms with Gasteiger partial charge in [-0.15, -0.1) is 0 Å². The standard InChI is InChI=1S/C12H12ClFO/c1-8(2)12(15)6-4-9-3-5-10(13)11(14)7-9/h3,5,7-8,12,15H,1-2H3. The van der Waals surface area contributed by atoms with Gasteiger partial charge in [0, 0.05) is 5.56 Å². The number of hydrogen-bond acceptors (Lipinski definition) is 1. The van der Waals surface area contributed by atoms with E-state index in [1.807, 2.05) is 13.8 Å². The Morgan fingerprint density at radius 1 is 1.40 bits per heavy atom. The summed E-state index contributed by atoms with van der Waals surface area (Å²) in [5.74, 6) is 4.90. The van der Waals surface area contributed by atoms with Crippen LogP contribution in [0.2, 0.25) is 5.02 Å². The average molecular weight is 227 g/mol. The summed E-state index contributed by atoms with van der Waals surface area (Å²) in [6, 6.07) is 4.32. The molecule has 0 heterocycles. The molecule has 0 saturated heterocycles. The Balaban J connectivity index is 2.85. The van der Waals surface area contributed by atoms with Crippen molar-refractivity contribution in [1.82, 2.24) is 0 Å². The zero-order valence-electron chi connectivity index (χ0n) is 8.59. The zero-order valence-corrected chi connectivity index (χ0v) is 9.35. The SMILES string of the molecule is CC(C)C(O)C#Cc1ccc(Cl)c(F)c1. The van der Waals surface area contributed by atoms with Crippen molar-refractivity contribution in [2.45, 2.75) is 20.0 Å². The summed E-state index contributed by atoms with van der Waals surface area (Å²) in [4.78, 5) is 0. The van der Waals surface area contributed by atoms with Gasteiger partial charge in [0.2, 0.25) is 0 Å². The Morgan fingerprint density at radius 2 is 2.07 bits per heavy atom. The van der Waals surface area contributed by atoms with Crippen LogP contribution in [0.25, 0.3) is 0 Å². The fourth-order valence-corrected chi connectivity index (χ4v) is 1.02. The van der Waals surface area contributed by atoms with Crippen molar-refractivity contribution in [3.8, 4) is 11.8 Å². The summed E-state index contributed by atoms with van der Waals surface area (Å²) in [5, 5.41) is 9.49. The summed E-state index contributed by atoms with van der Waals surface area (Å²) >= 11 is 5.52. The predicted octanol–water partition coefficient (Wildman–Crippen LogP) is 2.85. The fraction of sp³-hybridized carbons (Fsp3) is 0.333. The van der Waals surface area contributed by atoms with Gasteiger partial charge in [-0.1, -0.05) is 37.3 Å². The molecule has 0 fully saturated rings. The maximum Gasteiger partial charge on any atom is 0.143 e. The first-order valence-electron chi connectivity index (χ1n) is 4.65. The highest BCUT2D eigenvalue weighted by atomic mass is 35.5. The van der Waals surface area contributed by atoms with E-state index in [1.54, 1.807) is 6.07 Å². The maximum absolute atomic E-state index is 13.0.